The smallest absolute Gasteiger partial charge is 0.232 e. The number of nitrogens with zero attached hydrogens (tertiary/aromatic N) is 1. The van der Waals surface area contributed by atoms with Gasteiger partial charge < -0.3 is 9.84 Å². The molecule has 0 atom stereocenters. The van der Waals surface area contributed by atoms with Crippen molar-refractivity contribution in [1.82, 2.24) is 4.90 Å². The zero-order valence-electron chi connectivity index (χ0n) is 16.6. The summed E-state index contributed by atoms with van der Waals surface area (Å²) in [4.78, 5) is 15.0. The Morgan fingerprint density at radius 2 is 1.72 bits per heavy atom. The van der Waals surface area contributed by atoms with Gasteiger partial charge in [0.2, 0.25) is 5.78 Å². The lowest BCUT2D eigenvalue weighted by molar-refractivity contribution is 0.101. The Morgan fingerprint density at radius 3 is 2.20 bits per heavy atom. The molecule has 0 amide bonds. The predicted octanol–water partition coefficient (Wildman–Crippen LogP) is 4.68. The summed E-state index contributed by atoms with van der Waals surface area (Å²) in [7, 11) is 0. The van der Waals surface area contributed by atoms with E-state index in [1.807, 2.05) is 20.8 Å². The van der Waals surface area contributed by atoms with Crippen LogP contribution in [0.3, 0.4) is 0 Å². The number of hydrogen-bond acceptors (Lipinski definition) is 4. The molecule has 0 radical (unpaired) electrons. The second-order valence-corrected chi connectivity index (χ2v) is 8.14. The van der Waals surface area contributed by atoms with E-state index in [0.717, 1.165) is 24.2 Å². The van der Waals surface area contributed by atoms with Gasteiger partial charge >= 0.3 is 0 Å². The lowest BCUT2D eigenvalue weighted by Gasteiger charge is -2.27. The average Bonchev–Trinajstić information content (AvgIpc) is 2.80. The second-order valence-electron chi connectivity index (χ2n) is 8.14. The number of allylic oxidation sites excluding steroid dienone is 2. The lowest BCUT2D eigenvalue weighted by atomic mass is 9.98. The molecule has 1 N–H and O–H groups in total. The van der Waals surface area contributed by atoms with Crippen molar-refractivity contribution in [2.45, 2.75) is 55.0 Å². The highest BCUT2D eigenvalue weighted by Gasteiger charge is 2.34. The molecule has 0 saturated carbocycles. The van der Waals surface area contributed by atoms with Crippen LogP contribution in [0.2, 0.25) is 0 Å². The number of phenolic OH excluding ortho intramolecular Hbond substituents is 1. The Balaban J connectivity index is 2.46. The van der Waals surface area contributed by atoms with Crippen LogP contribution in [0.15, 0.2) is 17.4 Å². The number of fused-ring (bicyclic) bond motifs is 1. The Bertz CT molecular complexity index is 688. The summed E-state index contributed by atoms with van der Waals surface area (Å²) in [5, 5.41) is 10.5. The van der Waals surface area contributed by atoms with Crippen molar-refractivity contribution in [3.63, 3.8) is 0 Å². The van der Waals surface area contributed by atoms with Crippen LogP contribution in [-0.4, -0.2) is 28.9 Å². The Kier molecular flexibility index (Phi) is 5.94. The van der Waals surface area contributed by atoms with E-state index >= 15 is 0 Å². The molecule has 1 aliphatic heterocycles. The maximum Gasteiger partial charge on any atom is 0.232 e. The topological polar surface area (TPSA) is 49.8 Å². The third kappa shape index (κ3) is 4.24. The summed E-state index contributed by atoms with van der Waals surface area (Å²) >= 11 is 0. The van der Waals surface area contributed by atoms with Crippen molar-refractivity contribution in [2.75, 3.05) is 13.1 Å². The molecule has 1 aliphatic rings. The zero-order valence-corrected chi connectivity index (χ0v) is 16.6. The molecule has 25 heavy (non-hydrogen) atoms. The van der Waals surface area contributed by atoms with Gasteiger partial charge in [-0.3, -0.25) is 9.69 Å². The van der Waals surface area contributed by atoms with E-state index in [0.29, 0.717) is 41.0 Å². The van der Waals surface area contributed by atoms with E-state index in [-0.39, 0.29) is 11.5 Å². The van der Waals surface area contributed by atoms with Crippen molar-refractivity contribution < 1.29 is 14.6 Å². The van der Waals surface area contributed by atoms with Crippen LogP contribution in [0.5, 0.6) is 11.5 Å². The molecule has 4 heteroatoms. The highest BCUT2D eigenvalue weighted by molar-refractivity contribution is 6.14. The van der Waals surface area contributed by atoms with Gasteiger partial charge in [0.15, 0.2) is 5.76 Å². The first-order valence-electron chi connectivity index (χ1n) is 9.09. The fourth-order valence-corrected chi connectivity index (χ4v) is 3.41. The monoisotopic (exact) mass is 345 g/mol. The standard InChI is InChI=1S/C21H31NO3/c1-12(2)9-22(10-13(3)4)11-16-17(23)8-15(7)18-19(24)20(14(5)6)25-21(16)18/h8,12-13,23H,9-11H2,1-7H3. The van der Waals surface area contributed by atoms with E-state index < -0.39 is 0 Å². The molecule has 0 saturated heterocycles. The van der Waals surface area contributed by atoms with E-state index in [1.54, 1.807) is 6.07 Å². The fourth-order valence-electron chi connectivity index (χ4n) is 3.41. The summed E-state index contributed by atoms with van der Waals surface area (Å²) in [6.45, 7) is 16.8. The van der Waals surface area contributed by atoms with E-state index in [4.69, 9.17) is 4.74 Å². The Labute approximate surface area is 151 Å². The predicted molar refractivity (Wildman–Crippen MR) is 101 cm³/mol. The van der Waals surface area contributed by atoms with Crippen molar-refractivity contribution in [3.05, 3.63) is 34.1 Å². The zero-order chi connectivity index (χ0) is 18.9. The molecule has 0 aliphatic carbocycles. The molecule has 0 fully saturated rings. The van der Waals surface area contributed by atoms with Crippen molar-refractivity contribution in [3.8, 4) is 11.5 Å². The number of ether oxygens (including phenoxy) is 1. The van der Waals surface area contributed by atoms with Crippen molar-refractivity contribution >= 4 is 5.78 Å². The third-order valence-corrected chi connectivity index (χ3v) is 4.28. The molecular formula is C21H31NO3. The highest BCUT2D eigenvalue weighted by Crippen LogP contribution is 2.42. The van der Waals surface area contributed by atoms with Crippen LogP contribution < -0.4 is 4.74 Å². The van der Waals surface area contributed by atoms with E-state index in [1.165, 1.54) is 0 Å². The number of carbonyl (C=O) groups is 1. The van der Waals surface area contributed by atoms with Gasteiger partial charge in [-0.25, -0.2) is 0 Å². The normalized spacial score (nSPS) is 13.8. The van der Waals surface area contributed by atoms with Crippen molar-refractivity contribution in [1.29, 1.82) is 0 Å². The number of rotatable bonds is 6. The van der Waals surface area contributed by atoms with E-state index in [2.05, 4.69) is 32.6 Å². The molecule has 2 rings (SSSR count). The van der Waals surface area contributed by atoms with Gasteiger partial charge in [-0.2, -0.15) is 0 Å². The minimum atomic E-state index is -0.0759. The third-order valence-electron chi connectivity index (χ3n) is 4.28. The van der Waals surface area contributed by atoms with Crippen LogP contribution in [-0.2, 0) is 6.54 Å². The van der Waals surface area contributed by atoms with Crippen molar-refractivity contribution in [2.24, 2.45) is 11.8 Å². The van der Waals surface area contributed by atoms with Crippen LogP contribution in [0.25, 0.3) is 0 Å². The van der Waals surface area contributed by atoms with Gasteiger partial charge in [0.05, 0.1) is 11.1 Å². The van der Waals surface area contributed by atoms with Crippen LogP contribution >= 0.6 is 0 Å². The molecule has 4 nitrogen and oxygen atoms in total. The molecule has 1 heterocycles. The number of ketones is 1. The number of aromatic hydroxyl groups is 1. The molecular weight excluding hydrogens is 314 g/mol. The SMILES string of the molecule is CC(C)=C1Oc2c(CN(CC(C)C)CC(C)C)c(O)cc(C)c2C1=O. The average molecular weight is 345 g/mol. The first-order chi connectivity index (χ1) is 11.6. The van der Waals surface area contributed by atoms with Crippen LogP contribution in [0, 0.1) is 18.8 Å². The molecule has 1 aromatic rings. The van der Waals surface area contributed by atoms with Gasteiger partial charge in [0, 0.05) is 19.6 Å². The number of phenols is 1. The van der Waals surface area contributed by atoms with Gasteiger partial charge in [0.25, 0.3) is 0 Å². The largest absolute Gasteiger partial charge is 0.507 e. The fraction of sp³-hybridized carbons (Fsp3) is 0.571. The Morgan fingerprint density at radius 1 is 1.16 bits per heavy atom. The van der Waals surface area contributed by atoms with Gasteiger partial charge in [0.1, 0.15) is 11.5 Å². The summed E-state index contributed by atoms with van der Waals surface area (Å²) in [5.74, 6) is 2.11. The molecule has 0 bridgehead atoms. The lowest BCUT2D eigenvalue weighted by Crippen LogP contribution is -2.31. The van der Waals surface area contributed by atoms with Gasteiger partial charge in [-0.05, 0) is 49.8 Å². The Hall–Kier alpha value is -1.81. The first-order valence-corrected chi connectivity index (χ1v) is 9.09. The maximum absolute atomic E-state index is 12.7. The molecule has 138 valence electrons. The molecule has 0 unspecified atom stereocenters. The van der Waals surface area contributed by atoms with Gasteiger partial charge in [-0.15, -0.1) is 0 Å². The summed E-state index contributed by atoms with van der Waals surface area (Å²) in [5.41, 5.74) is 2.92. The number of Topliss-reactive ketones (excluding diaryl/α,β-unsaturated/α-hetero) is 1. The van der Waals surface area contributed by atoms with E-state index in [9.17, 15) is 9.90 Å². The number of carbonyl (C=O) groups excluding carboxylic acids is 1. The first kappa shape index (κ1) is 19.5. The molecule has 0 spiro atoms. The quantitative estimate of drug-likeness (QED) is 0.760. The molecule has 0 aromatic heterocycles. The second kappa shape index (κ2) is 7.61. The number of benzene rings is 1. The number of aryl methyl sites for hydroxylation is 1. The summed E-state index contributed by atoms with van der Waals surface area (Å²) in [6.07, 6.45) is 0. The number of hydrogen-bond donors (Lipinski definition) is 1. The molecule has 1 aromatic carbocycles. The summed E-state index contributed by atoms with van der Waals surface area (Å²) in [6, 6.07) is 1.69. The summed E-state index contributed by atoms with van der Waals surface area (Å²) < 4.78 is 5.93. The minimum absolute atomic E-state index is 0.0759. The van der Waals surface area contributed by atoms with Crippen LogP contribution in [0.4, 0.5) is 0 Å². The van der Waals surface area contributed by atoms with Gasteiger partial charge in [-0.1, -0.05) is 27.7 Å². The highest BCUT2D eigenvalue weighted by atomic mass is 16.5. The van der Waals surface area contributed by atoms with Crippen LogP contribution in [0.1, 0.15) is 63.0 Å². The maximum atomic E-state index is 12.7. The minimum Gasteiger partial charge on any atom is -0.507 e.